The number of amides is 2. The molecule has 2 aliphatic carbocycles. The van der Waals surface area contributed by atoms with Crippen LogP contribution in [0.25, 0.3) is 11.1 Å². The molecule has 2 aromatic carbocycles. The van der Waals surface area contributed by atoms with Crippen LogP contribution in [0.4, 0.5) is 13.6 Å². The second-order valence-electron chi connectivity index (χ2n) is 9.50. The number of benzene rings is 2. The summed E-state index contributed by atoms with van der Waals surface area (Å²) in [7, 11) is 0. The van der Waals surface area contributed by atoms with Gasteiger partial charge in [0.25, 0.3) is 5.92 Å². The fourth-order valence-corrected chi connectivity index (χ4v) is 5.47. The van der Waals surface area contributed by atoms with Crippen molar-refractivity contribution < 1.29 is 33.0 Å². The molecule has 2 N–H and O–H groups in total. The number of alkyl carbamates (subject to hydrolysis) is 1. The van der Waals surface area contributed by atoms with Gasteiger partial charge in [0.1, 0.15) is 12.5 Å². The molecule has 0 bridgehead atoms. The Kier molecular flexibility index (Phi) is 5.94. The first kappa shape index (κ1) is 23.3. The van der Waals surface area contributed by atoms with Gasteiger partial charge in [-0.05, 0) is 34.6 Å². The third-order valence-corrected chi connectivity index (χ3v) is 7.34. The van der Waals surface area contributed by atoms with Gasteiger partial charge in [-0.2, -0.15) is 0 Å². The summed E-state index contributed by atoms with van der Waals surface area (Å²) >= 11 is 0. The van der Waals surface area contributed by atoms with Crippen LogP contribution in [0.5, 0.6) is 0 Å². The molecule has 3 atom stereocenters. The van der Waals surface area contributed by atoms with E-state index in [2.05, 4.69) is 5.32 Å². The second kappa shape index (κ2) is 8.94. The quantitative estimate of drug-likeness (QED) is 0.625. The van der Waals surface area contributed by atoms with Crippen LogP contribution in [-0.4, -0.2) is 60.1 Å². The van der Waals surface area contributed by atoms with Crippen molar-refractivity contribution >= 4 is 18.0 Å². The SMILES string of the molecule is O=C(O)CC1CCN(C(=O)C2C(CNC(=O)OCC3c4ccccc4-c4ccccc43)C2(F)F)C1. The van der Waals surface area contributed by atoms with Crippen LogP contribution in [-0.2, 0) is 14.3 Å². The highest BCUT2D eigenvalue weighted by atomic mass is 19.3. The van der Waals surface area contributed by atoms with Crippen molar-refractivity contribution in [3.8, 4) is 11.1 Å². The van der Waals surface area contributed by atoms with Gasteiger partial charge >= 0.3 is 12.1 Å². The molecule has 9 heteroatoms. The molecule has 0 aromatic heterocycles. The molecule has 184 valence electrons. The number of carbonyl (C=O) groups excluding carboxylic acids is 2. The molecule has 0 spiro atoms. The number of halogens is 2. The molecule has 2 fully saturated rings. The smallest absolute Gasteiger partial charge is 0.407 e. The highest BCUT2D eigenvalue weighted by molar-refractivity contribution is 5.84. The Morgan fingerprint density at radius 1 is 1.06 bits per heavy atom. The van der Waals surface area contributed by atoms with Crippen molar-refractivity contribution in [1.29, 1.82) is 0 Å². The number of carbonyl (C=O) groups is 3. The zero-order valence-electron chi connectivity index (χ0n) is 19.0. The van der Waals surface area contributed by atoms with Crippen molar-refractivity contribution in [2.45, 2.75) is 24.7 Å². The zero-order valence-corrected chi connectivity index (χ0v) is 19.0. The summed E-state index contributed by atoms with van der Waals surface area (Å²) in [6.07, 6.45) is -0.403. The molecule has 2 amide bonds. The first-order valence-electron chi connectivity index (χ1n) is 11.7. The van der Waals surface area contributed by atoms with Gasteiger partial charge in [0.05, 0.1) is 5.92 Å². The number of aliphatic carboxylic acids is 1. The predicted molar refractivity (Wildman–Crippen MR) is 122 cm³/mol. The number of carboxylic acids is 1. The van der Waals surface area contributed by atoms with E-state index >= 15 is 0 Å². The number of nitrogens with one attached hydrogen (secondary N) is 1. The Bertz CT molecular complexity index is 1120. The molecule has 5 rings (SSSR count). The van der Waals surface area contributed by atoms with E-state index in [9.17, 15) is 23.2 Å². The molecule has 1 saturated heterocycles. The Hall–Kier alpha value is -3.49. The molecule has 0 radical (unpaired) electrons. The first-order valence-corrected chi connectivity index (χ1v) is 11.7. The lowest BCUT2D eigenvalue weighted by molar-refractivity contribution is -0.139. The molecule has 3 aliphatic rings. The fourth-order valence-electron chi connectivity index (χ4n) is 5.47. The van der Waals surface area contributed by atoms with E-state index in [1.165, 1.54) is 4.90 Å². The van der Waals surface area contributed by atoms with Crippen LogP contribution in [0.2, 0.25) is 0 Å². The standard InChI is InChI=1S/C26H26F2N2O5/c27-26(28)21(23(26)24(33)30-10-9-15(13-30)11-22(31)32)12-29-25(34)35-14-20-18-7-3-1-5-16(18)17-6-2-4-8-19(17)20/h1-8,15,20-21,23H,9-14H2,(H,29,34)(H,31,32). The van der Waals surface area contributed by atoms with Gasteiger partial charge in [0.2, 0.25) is 5.91 Å². The maximum absolute atomic E-state index is 14.4. The van der Waals surface area contributed by atoms with Crippen LogP contribution in [0.1, 0.15) is 29.9 Å². The number of alkyl halides is 2. The van der Waals surface area contributed by atoms with Crippen LogP contribution >= 0.6 is 0 Å². The van der Waals surface area contributed by atoms with E-state index in [1.807, 2.05) is 48.5 Å². The molecule has 1 heterocycles. The molecule has 3 unspecified atom stereocenters. The van der Waals surface area contributed by atoms with Gasteiger partial charge in [-0.15, -0.1) is 0 Å². The normalized spacial score (nSPS) is 23.9. The van der Waals surface area contributed by atoms with Gasteiger partial charge in [0.15, 0.2) is 0 Å². The summed E-state index contributed by atoms with van der Waals surface area (Å²) in [4.78, 5) is 37.1. The average Bonchev–Trinajstić information content (AvgIpc) is 3.13. The van der Waals surface area contributed by atoms with E-state index in [4.69, 9.17) is 9.84 Å². The first-order chi connectivity index (χ1) is 16.8. The van der Waals surface area contributed by atoms with E-state index in [0.717, 1.165) is 22.3 Å². The Morgan fingerprint density at radius 2 is 1.69 bits per heavy atom. The van der Waals surface area contributed by atoms with Crippen molar-refractivity contribution in [3.05, 3.63) is 59.7 Å². The fraction of sp³-hybridized carbons (Fsp3) is 0.423. The summed E-state index contributed by atoms with van der Waals surface area (Å²) in [5, 5.41) is 11.3. The van der Waals surface area contributed by atoms with Gasteiger partial charge in [-0.1, -0.05) is 48.5 Å². The van der Waals surface area contributed by atoms with Gasteiger partial charge in [0, 0.05) is 32.0 Å². The van der Waals surface area contributed by atoms with Crippen LogP contribution in [0.3, 0.4) is 0 Å². The number of rotatable bonds is 7. The lowest BCUT2D eigenvalue weighted by atomic mass is 9.98. The third kappa shape index (κ3) is 4.35. The number of carboxylic acid groups (broad SMARTS) is 1. The molecule has 35 heavy (non-hydrogen) atoms. The summed E-state index contributed by atoms with van der Waals surface area (Å²) < 4.78 is 34.1. The van der Waals surface area contributed by atoms with Crippen LogP contribution in [0.15, 0.2) is 48.5 Å². The highest BCUT2D eigenvalue weighted by Gasteiger charge is 2.72. The summed E-state index contributed by atoms with van der Waals surface area (Å²) in [5.41, 5.74) is 4.27. The number of fused-ring (bicyclic) bond motifs is 3. The second-order valence-corrected chi connectivity index (χ2v) is 9.50. The van der Waals surface area contributed by atoms with Gasteiger partial charge in [-0.25, -0.2) is 13.6 Å². The minimum Gasteiger partial charge on any atom is -0.481 e. The molecule has 1 aliphatic heterocycles. The molecular formula is C26H26F2N2O5. The van der Waals surface area contributed by atoms with Gasteiger partial charge < -0.3 is 20.1 Å². The number of hydrogen-bond acceptors (Lipinski definition) is 4. The maximum Gasteiger partial charge on any atom is 0.407 e. The van der Waals surface area contributed by atoms with E-state index in [1.54, 1.807) is 0 Å². The van der Waals surface area contributed by atoms with Crippen molar-refractivity contribution in [1.82, 2.24) is 10.2 Å². The zero-order chi connectivity index (χ0) is 24.7. The molecule has 2 aromatic rings. The monoisotopic (exact) mass is 484 g/mol. The third-order valence-electron chi connectivity index (χ3n) is 7.34. The number of hydrogen-bond donors (Lipinski definition) is 2. The highest BCUT2D eigenvalue weighted by Crippen LogP contribution is 2.56. The predicted octanol–water partition coefficient (Wildman–Crippen LogP) is 3.73. The van der Waals surface area contributed by atoms with Crippen LogP contribution in [0, 0.1) is 17.8 Å². The van der Waals surface area contributed by atoms with Crippen molar-refractivity contribution in [3.63, 3.8) is 0 Å². The minimum atomic E-state index is -3.21. The Labute approximate surface area is 201 Å². The van der Waals surface area contributed by atoms with Gasteiger partial charge in [-0.3, -0.25) is 9.59 Å². The van der Waals surface area contributed by atoms with E-state index in [0.29, 0.717) is 6.42 Å². The lowest BCUT2D eigenvalue weighted by Crippen LogP contribution is -2.33. The number of likely N-dealkylation sites (tertiary alicyclic amines) is 1. The molecular weight excluding hydrogens is 458 g/mol. The summed E-state index contributed by atoms with van der Waals surface area (Å²) in [5.74, 6) is -8.01. The number of nitrogens with zero attached hydrogens (tertiary/aromatic N) is 1. The maximum atomic E-state index is 14.4. The average molecular weight is 484 g/mol. The largest absolute Gasteiger partial charge is 0.481 e. The summed E-state index contributed by atoms with van der Waals surface area (Å²) in [6.45, 7) is 0.147. The minimum absolute atomic E-state index is 0.0715. The van der Waals surface area contributed by atoms with E-state index in [-0.39, 0.29) is 44.5 Å². The summed E-state index contributed by atoms with van der Waals surface area (Å²) in [6, 6.07) is 15.8. The lowest BCUT2D eigenvalue weighted by Gasteiger charge is -2.16. The van der Waals surface area contributed by atoms with Crippen molar-refractivity contribution in [2.75, 3.05) is 26.2 Å². The molecule has 1 saturated carbocycles. The number of ether oxygens (including phenoxy) is 1. The van der Waals surface area contributed by atoms with Crippen molar-refractivity contribution in [2.24, 2.45) is 17.8 Å². The van der Waals surface area contributed by atoms with Crippen LogP contribution < -0.4 is 5.32 Å². The van der Waals surface area contributed by atoms with E-state index < -0.39 is 35.7 Å². The Morgan fingerprint density at radius 3 is 2.31 bits per heavy atom. The topological polar surface area (TPSA) is 95.9 Å². The molecule has 7 nitrogen and oxygen atoms in total. The Balaban J connectivity index is 1.14.